The van der Waals surface area contributed by atoms with Gasteiger partial charge in [0.25, 0.3) is 0 Å². The second kappa shape index (κ2) is 8.10. The van der Waals surface area contributed by atoms with Crippen molar-refractivity contribution in [3.05, 3.63) is 0 Å². The summed E-state index contributed by atoms with van der Waals surface area (Å²) in [4.78, 5) is 25.3. The molecule has 2 aliphatic carbocycles. The molecule has 2 amide bonds. The fourth-order valence-electron chi connectivity index (χ4n) is 3.14. The minimum atomic E-state index is -0.436. The first-order valence-electron chi connectivity index (χ1n) is 8.07. The van der Waals surface area contributed by atoms with Crippen LogP contribution in [-0.2, 0) is 9.47 Å². The molecule has 0 aromatic heterocycles. The lowest BCUT2D eigenvalue weighted by Crippen LogP contribution is -2.43. The number of nitrogens with zero attached hydrogens (tertiary/aromatic N) is 1. The van der Waals surface area contributed by atoms with Gasteiger partial charge >= 0.3 is 12.2 Å². The van der Waals surface area contributed by atoms with Crippen LogP contribution < -0.4 is 5.32 Å². The molecule has 0 spiro atoms. The van der Waals surface area contributed by atoms with Crippen LogP contribution in [0.3, 0.4) is 0 Å². The second-order valence-electron chi connectivity index (χ2n) is 5.79. The van der Waals surface area contributed by atoms with Crippen LogP contribution in [0.5, 0.6) is 0 Å². The number of alkyl carbamates (subject to hydrolysis) is 1. The summed E-state index contributed by atoms with van der Waals surface area (Å²) in [5.74, 6) is 0. The lowest BCUT2D eigenvalue weighted by Gasteiger charge is -2.27. The quantitative estimate of drug-likeness (QED) is 0.792. The maximum Gasteiger partial charge on any atom is 0.412 e. The number of rotatable bonds is 5. The fourth-order valence-corrected chi connectivity index (χ4v) is 3.14. The number of amides is 2. The van der Waals surface area contributed by atoms with E-state index in [1.807, 2.05) is 0 Å². The number of carbonyl (C=O) groups excluding carboxylic acids is 2. The SMILES string of the molecule is CCOC(=O)N(COC(=O)NC1CCCC1)C1CCCC1. The Morgan fingerprint density at radius 3 is 2.29 bits per heavy atom. The molecule has 6 heteroatoms. The third kappa shape index (κ3) is 4.79. The van der Waals surface area contributed by atoms with E-state index in [4.69, 9.17) is 9.47 Å². The van der Waals surface area contributed by atoms with E-state index in [2.05, 4.69) is 5.32 Å². The fraction of sp³-hybridized carbons (Fsp3) is 0.867. The Hall–Kier alpha value is -1.46. The molecule has 2 aliphatic rings. The zero-order valence-corrected chi connectivity index (χ0v) is 12.8. The summed E-state index contributed by atoms with van der Waals surface area (Å²) in [6, 6.07) is 0.350. The summed E-state index contributed by atoms with van der Waals surface area (Å²) in [5, 5.41) is 2.86. The molecule has 1 N–H and O–H groups in total. The maximum absolute atomic E-state index is 12.0. The highest BCUT2D eigenvalue weighted by Gasteiger charge is 2.29. The number of ether oxygens (including phenoxy) is 2. The topological polar surface area (TPSA) is 67.9 Å². The molecule has 120 valence electrons. The van der Waals surface area contributed by atoms with E-state index in [0.717, 1.165) is 51.4 Å². The van der Waals surface area contributed by atoms with Crippen LogP contribution in [-0.4, -0.2) is 42.5 Å². The van der Waals surface area contributed by atoms with Gasteiger partial charge in [0, 0.05) is 12.1 Å². The van der Waals surface area contributed by atoms with Crippen LogP contribution in [0.1, 0.15) is 58.3 Å². The molecule has 0 heterocycles. The average Bonchev–Trinajstić information content (AvgIpc) is 3.12. The van der Waals surface area contributed by atoms with E-state index in [9.17, 15) is 9.59 Å². The van der Waals surface area contributed by atoms with E-state index >= 15 is 0 Å². The van der Waals surface area contributed by atoms with Crippen LogP contribution in [0, 0.1) is 0 Å². The van der Waals surface area contributed by atoms with Crippen LogP contribution in [0.25, 0.3) is 0 Å². The summed E-state index contributed by atoms with van der Waals surface area (Å²) < 4.78 is 10.3. The normalized spacial score (nSPS) is 19.5. The number of hydrogen-bond acceptors (Lipinski definition) is 4. The molecular formula is C15H26N2O4. The Labute approximate surface area is 126 Å². The summed E-state index contributed by atoms with van der Waals surface area (Å²) in [5.41, 5.74) is 0. The first-order chi connectivity index (χ1) is 10.2. The smallest absolute Gasteiger partial charge is 0.412 e. The molecule has 2 rings (SSSR count). The number of hydrogen-bond donors (Lipinski definition) is 1. The molecule has 2 fully saturated rings. The van der Waals surface area contributed by atoms with Crippen molar-refractivity contribution in [2.45, 2.75) is 70.4 Å². The third-order valence-corrected chi connectivity index (χ3v) is 4.28. The van der Waals surface area contributed by atoms with Gasteiger partial charge in [-0.05, 0) is 32.6 Å². The van der Waals surface area contributed by atoms with E-state index in [-0.39, 0.29) is 18.8 Å². The van der Waals surface area contributed by atoms with Crippen LogP contribution >= 0.6 is 0 Å². The summed E-state index contributed by atoms with van der Waals surface area (Å²) >= 11 is 0. The van der Waals surface area contributed by atoms with E-state index in [0.29, 0.717) is 6.61 Å². The van der Waals surface area contributed by atoms with Crippen molar-refractivity contribution in [3.63, 3.8) is 0 Å². The molecular weight excluding hydrogens is 272 g/mol. The summed E-state index contributed by atoms with van der Waals surface area (Å²) in [7, 11) is 0. The molecule has 0 aromatic rings. The third-order valence-electron chi connectivity index (χ3n) is 4.28. The van der Waals surface area contributed by atoms with E-state index in [1.165, 1.54) is 0 Å². The molecule has 0 saturated heterocycles. The van der Waals surface area contributed by atoms with Gasteiger partial charge in [-0.25, -0.2) is 9.59 Å². The molecule has 0 radical (unpaired) electrons. The van der Waals surface area contributed by atoms with Gasteiger partial charge in [0.15, 0.2) is 6.73 Å². The van der Waals surface area contributed by atoms with Crippen molar-refractivity contribution in [2.75, 3.05) is 13.3 Å². The Kier molecular flexibility index (Phi) is 6.14. The van der Waals surface area contributed by atoms with Gasteiger partial charge in [-0.3, -0.25) is 4.90 Å². The Morgan fingerprint density at radius 1 is 1.05 bits per heavy atom. The van der Waals surface area contributed by atoms with Gasteiger partial charge in [-0.15, -0.1) is 0 Å². The zero-order valence-electron chi connectivity index (χ0n) is 12.8. The lowest BCUT2D eigenvalue weighted by molar-refractivity contribution is 0.0303. The number of nitrogens with one attached hydrogen (secondary N) is 1. The minimum Gasteiger partial charge on any atom is -0.450 e. The molecule has 2 saturated carbocycles. The van der Waals surface area contributed by atoms with Crippen molar-refractivity contribution in [1.29, 1.82) is 0 Å². The lowest BCUT2D eigenvalue weighted by atomic mass is 10.2. The molecule has 0 bridgehead atoms. The Balaban J connectivity index is 1.79. The number of carbonyl (C=O) groups is 2. The van der Waals surface area contributed by atoms with Crippen molar-refractivity contribution in [2.24, 2.45) is 0 Å². The highest BCUT2D eigenvalue weighted by Crippen LogP contribution is 2.24. The zero-order chi connectivity index (χ0) is 15.1. The average molecular weight is 298 g/mol. The Bertz CT molecular complexity index is 350. The first-order valence-corrected chi connectivity index (χ1v) is 8.07. The molecule has 0 aromatic carbocycles. The van der Waals surface area contributed by atoms with Gasteiger partial charge in [-0.1, -0.05) is 25.7 Å². The van der Waals surface area contributed by atoms with Crippen LogP contribution in [0.2, 0.25) is 0 Å². The van der Waals surface area contributed by atoms with Gasteiger partial charge in [0.05, 0.1) is 6.61 Å². The highest BCUT2D eigenvalue weighted by atomic mass is 16.6. The van der Waals surface area contributed by atoms with E-state index in [1.54, 1.807) is 11.8 Å². The first kappa shape index (κ1) is 15.9. The van der Waals surface area contributed by atoms with Gasteiger partial charge in [0.1, 0.15) is 0 Å². The standard InChI is InChI=1S/C15H26N2O4/c1-2-20-15(19)17(13-9-5-6-10-13)11-21-14(18)16-12-7-3-4-8-12/h12-13H,2-11H2,1H3,(H,16,18). The predicted octanol–water partition coefficient (Wildman–Crippen LogP) is 3.01. The minimum absolute atomic E-state index is 0.0257. The van der Waals surface area contributed by atoms with Crippen LogP contribution in [0.4, 0.5) is 9.59 Å². The maximum atomic E-state index is 12.0. The second-order valence-corrected chi connectivity index (χ2v) is 5.79. The Morgan fingerprint density at radius 2 is 1.67 bits per heavy atom. The molecule has 0 aliphatic heterocycles. The summed E-state index contributed by atoms with van der Waals surface area (Å²) in [6.07, 6.45) is 7.62. The van der Waals surface area contributed by atoms with Gasteiger partial charge in [-0.2, -0.15) is 0 Å². The molecule has 21 heavy (non-hydrogen) atoms. The predicted molar refractivity (Wildman–Crippen MR) is 77.9 cm³/mol. The van der Waals surface area contributed by atoms with Gasteiger partial charge in [0.2, 0.25) is 0 Å². The van der Waals surface area contributed by atoms with Crippen molar-refractivity contribution in [3.8, 4) is 0 Å². The van der Waals surface area contributed by atoms with Crippen molar-refractivity contribution < 1.29 is 19.1 Å². The van der Waals surface area contributed by atoms with Crippen molar-refractivity contribution in [1.82, 2.24) is 10.2 Å². The summed E-state index contributed by atoms with van der Waals surface area (Å²) in [6.45, 7) is 2.08. The van der Waals surface area contributed by atoms with Crippen LogP contribution in [0.15, 0.2) is 0 Å². The monoisotopic (exact) mass is 298 g/mol. The van der Waals surface area contributed by atoms with Gasteiger partial charge < -0.3 is 14.8 Å². The largest absolute Gasteiger partial charge is 0.450 e. The highest BCUT2D eigenvalue weighted by molar-refractivity contribution is 5.70. The molecule has 0 atom stereocenters. The molecule has 0 unspecified atom stereocenters. The van der Waals surface area contributed by atoms with Crippen molar-refractivity contribution >= 4 is 12.2 Å². The van der Waals surface area contributed by atoms with E-state index < -0.39 is 12.2 Å². The molecule has 6 nitrogen and oxygen atoms in total.